The van der Waals surface area contributed by atoms with Crippen molar-refractivity contribution >= 4 is 27.4 Å². The Kier molecular flexibility index (Phi) is 3.18. The van der Waals surface area contributed by atoms with E-state index in [1.807, 2.05) is 11.3 Å². The minimum atomic E-state index is 0.808. The first kappa shape index (κ1) is 11.9. The summed E-state index contributed by atoms with van der Waals surface area (Å²) in [6.07, 6.45) is 6.85. The summed E-state index contributed by atoms with van der Waals surface area (Å²) in [5.74, 6) is 7.35. The predicted octanol–water partition coefficient (Wildman–Crippen LogP) is 2.81. The van der Waals surface area contributed by atoms with Crippen LogP contribution in [-0.4, -0.2) is 9.97 Å². The predicted molar refractivity (Wildman–Crippen MR) is 75.9 cm³/mol. The summed E-state index contributed by atoms with van der Waals surface area (Å²) in [5, 5.41) is 1.16. The fourth-order valence-electron chi connectivity index (χ4n) is 2.64. The van der Waals surface area contributed by atoms with E-state index in [1.165, 1.54) is 29.7 Å². The van der Waals surface area contributed by atoms with Gasteiger partial charge in [0.05, 0.1) is 5.39 Å². The van der Waals surface area contributed by atoms with Crippen LogP contribution in [0.25, 0.3) is 10.2 Å². The Hall–Kier alpha value is -1.20. The molecule has 0 atom stereocenters. The first-order valence-corrected chi connectivity index (χ1v) is 7.43. The Balaban J connectivity index is 2.21. The highest BCUT2D eigenvalue weighted by Gasteiger charge is 2.20. The van der Waals surface area contributed by atoms with Crippen molar-refractivity contribution in [2.75, 3.05) is 5.43 Å². The lowest BCUT2D eigenvalue weighted by Crippen LogP contribution is -2.11. The summed E-state index contributed by atoms with van der Waals surface area (Å²) in [5.41, 5.74) is 4.19. The molecule has 1 aliphatic rings. The zero-order chi connectivity index (χ0) is 12.5. The summed E-state index contributed by atoms with van der Waals surface area (Å²) in [6.45, 7) is 2.14. The molecule has 0 saturated carbocycles. The molecule has 0 fully saturated rings. The van der Waals surface area contributed by atoms with Gasteiger partial charge >= 0.3 is 0 Å². The molecule has 2 heterocycles. The Bertz CT molecular complexity index is 576. The molecule has 3 N–H and O–H groups in total. The number of anilines is 1. The Morgan fingerprint density at radius 3 is 2.89 bits per heavy atom. The molecule has 0 spiro atoms. The van der Waals surface area contributed by atoms with Crippen LogP contribution in [0.4, 0.5) is 5.82 Å². The third kappa shape index (κ3) is 1.87. The lowest BCUT2D eigenvalue weighted by atomic mass is 9.97. The number of fused-ring (bicyclic) bond motifs is 3. The molecule has 0 radical (unpaired) electrons. The van der Waals surface area contributed by atoms with Crippen LogP contribution in [0, 0.1) is 0 Å². The molecular formula is C13H18N4S. The number of nitrogens with two attached hydrogens (primary N) is 1. The zero-order valence-electron chi connectivity index (χ0n) is 10.6. The number of thiophene rings is 1. The van der Waals surface area contributed by atoms with Crippen LogP contribution >= 0.6 is 11.3 Å². The van der Waals surface area contributed by atoms with Crippen molar-refractivity contribution in [3.05, 3.63) is 16.3 Å². The largest absolute Gasteiger partial charge is 0.308 e. The van der Waals surface area contributed by atoms with Crippen molar-refractivity contribution in [1.29, 1.82) is 0 Å². The van der Waals surface area contributed by atoms with Crippen LogP contribution in [0.15, 0.2) is 0 Å². The fourth-order valence-corrected chi connectivity index (χ4v) is 3.92. The summed E-state index contributed by atoms with van der Waals surface area (Å²) in [6, 6.07) is 0. The number of nitrogens with zero attached hydrogens (tertiary/aromatic N) is 2. The zero-order valence-corrected chi connectivity index (χ0v) is 11.4. The molecule has 5 heteroatoms. The molecule has 0 bridgehead atoms. The highest BCUT2D eigenvalue weighted by Crippen LogP contribution is 2.38. The van der Waals surface area contributed by atoms with E-state index in [9.17, 15) is 0 Å². The highest BCUT2D eigenvalue weighted by atomic mass is 32.1. The summed E-state index contributed by atoms with van der Waals surface area (Å²) in [4.78, 5) is 11.8. The second kappa shape index (κ2) is 4.82. The van der Waals surface area contributed by atoms with E-state index in [1.54, 1.807) is 0 Å². The monoisotopic (exact) mass is 262 g/mol. The second-order valence-electron chi connectivity index (χ2n) is 4.77. The van der Waals surface area contributed by atoms with E-state index >= 15 is 0 Å². The van der Waals surface area contributed by atoms with Crippen molar-refractivity contribution in [2.24, 2.45) is 5.84 Å². The summed E-state index contributed by atoms with van der Waals surface area (Å²) < 4.78 is 0. The van der Waals surface area contributed by atoms with Gasteiger partial charge in [0.1, 0.15) is 10.7 Å². The fraction of sp³-hybridized carbons (Fsp3) is 0.538. The minimum absolute atomic E-state index is 0.808. The Labute approximate surface area is 111 Å². The second-order valence-corrected chi connectivity index (χ2v) is 5.86. The average molecular weight is 262 g/mol. The first-order chi connectivity index (χ1) is 8.83. The van der Waals surface area contributed by atoms with Gasteiger partial charge in [0, 0.05) is 11.3 Å². The van der Waals surface area contributed by atoms with Crippen molar-refractivity contribution < 1.29 is 0 Å². The van der Waals surface area contributed by atoms with Crippen molar-refractivity contribution in [3.8, 4) is 0 Å². The number of hydrazine groups is 1. The maximum absolute atomic E-state index is 5.64. The molecule has 0 aromatic carbocycles. The molecule has 2 aromatic rings. The molecule has 1 aliphatic carbocycles. The van der Waals surface area contributed by atoms with Gasteiger partial charge in [-0.2, -0.15) is 0 Å². The molecule has 2 aromatic heterocycles. The topological polar surface area (TPSA) is 63.8 Å². The lowest BCUT2D eigenvalue weighted by Gasteiger charge is -2.11. The van der Waals surface area contributed by atoms with Crippen LogP contribution in [0.5, 0.6) is 0 Å². The van der Waals surface area contributed by atoms with Gasteiger partial charge in [-0.1, -0.05) is 6.92 Å². The number of aryl methyl sites for hydroxylation is 3. The quantitative estimate of drug-likeness (QED) is 0.659. The van der Waals surface area contributed by atoms with Gasteiger partial charge in [0.2, 0.25) is 0 Å². The Morgan fingerprint density at radius 2 is 2.11 bits per heavy atom. The van der Waals surface area contributed by atoms with Gasteiger partial charge in [0.15, 0.2) is 5.82 Å². The SMILES string of the molecule is CCCc1nc(NN)c2c3c(sc2n1)CCCC3. The third-order valence-corrected chi connectivity index (χ3v) is 4.66. The van der Waals surface area contributed by atoms with E-state index in [0.29, 0.717) is 0 Å². The molecule has 96 valence electrons. The number of aromatic nitrogens is 2. The smallest absolute Gasteiger partial charge is 0.152 e. The van der Waals surface area contributed by atoms with Crippen LogP contribution in [0.2, 0.25) is 0 Å². The summed E-state index contributed by atoms with van der Waals surface area (Å²) in [7, 11) is 0. The van der Waals surface area contributed by atoms with Crippen LogP contribution in [0.3, 0.4) is 0 Å². The van der Waals surface area contributed by atoms with Crippen LogP contribution in [-0.2, 0) is 19.3 Å². The van der Waals surface area contributed by atoms with Gasteiger partial charge in [-0.15, -0.1) is 11.3 Å². The lowest BCUT2D eigenvalue weighted by molar-refractivity contribution is 0.700. The normalized spacial score (nSPS) is 14.8. The highest BCUT2D eigenvalue weighted by molar-refractivity contribution is 7.19. The molecule has 0 amide bonds. The maximum atomic E-state index is 5.64. The number of hydrogen-bond donors (Lipinski definition) is 2. The first-order valence-electron chi connectivity index (χ1n) is 6.61. The van der Waals surface area contributed by atoms with E-state index in [2.05, 4.69) is 17.3 Å². The van der Waals surface area contributed by atoms with Crippen LogP contribution < -0.4 is 11.3 Å². The molecule has 0 saturated heterocycles. The van der Waals surface area contributed by atoms with Crippen molar-refractivity contribution in [1.82, 2.24) is 9.97 Å². The average Bonchev–Trinajstić information content (AvgIpc) is 2.76. The standard InChI is InChI=1S/C13H18N4S/c1-2-5-10-15-12(17-14)11-8-6-3-4-7-9(8)18-13(11)16-10/h2-7,14H2,1H3,(H,15,16,17). The number of nitrogen functional groups attached to an aromatic ring is 1. The summed E-state index contributed by atoms with van der Waals surface area (Å²) >= 11 is 1.82. The van der Waals surface area contributed by atoms with E-state index in [4.69, 9.17) is 10.8 Å². The van der Waals surface area contributed by atoms with Crippen molar-refractivity contribution in [2.45, 2.75) is 45.4 Å². The molecular weight excluding hydrogens is 244 g/mol. The van der Waals surface area contributed by atoms with E-state index in [-0.39, 0.29) is 0 Å². The molecule has 0 aliphatic heterocycles. The number of nitrogens with one attached hydrogen (secondary N) is 1. The van der Waals surface area contributed by atoms with E-state index < -0.39 is 0 Å². The van der Waals surface area contributed by atoms with Gasteiger partial charge < -0.3 is 5.43 Å². The van der Waals surface area contributed by atoms with Gasteiger partial charge in [-0.25, -0.2) is 15.8 Å². The number of rotatable bonds is 3. The Morgan fingerprint density at radius 1 is 1.28 bits per heavy atom. The van der Waals surface area contributed by atoms with Gasteiger partial charge in [-0.05, 0) is 37.7 Å². The third-order valence-electron chi connectivity index (χ3n) is 3.47. The van der Waals surface area contributed by atoms with Crippen molar-refractivity contribution in [3.63, 3.8) is 0 Å². The van der Waals surface area contributed by atoms with Crippen LogP contribution in [0.1, 0.15) is 42.5 Å². The molecule has 4 nitrogen and oxygen atoms in total. The van der Waals surface area contributed by atoms with E-state index in [0.717, 1.165) is 41.1 Å². The molecule has 18 heavy (non-hydrogen) atoms. The van der Waals surface area contributed by atoms with Gasteiger partial charge in [0.25, 0.3) is 0 Å². The van der Waals surface area contributed by atoms with Gasteiger partial charge in [-0.3, -0.25) is 0 Å². The minimum Gasteiger partial charge on any atom is -0.308 e. The number of hydrogen-bond acceptors (Lipinski definition) is 5. The molecule has 0 unspecified atom stereocenters. The maximum Gasteiger partial charge on any atom is 0.152 e. The molecule has 3 rings (SSSR count).